The lowest BCUT2D eigenvalue weighted by molar-refractivity contribution is 0.102. The Labute approximate surface area is 110 Å². The maximum absolute atomic E-state index is 12.3. The van der Waals surface area contributed by atoms with Crippen LogP contribution in [-0.4, -0.2) is 5.91 Å². The Kier molecular flexibility index (Phi) is 2.80. The minimum Gasteiger partial charge on any atom is -0.390 e. The number of nitrogen functional groups attached to an aromatic ring is 1. The topological polar surface area (TPSA) is 55.1 Å². The summed E-state index contributed by atoms with van der Waals surface area (Å²) in [5, 5.41) is 3.55. The van der Waals surface area contributed by atoms with Gasteiger partial charge in [0.05, 0.1) is 10.6 Å². The summed E-state index contributed by atoms with van der Waals surface area (Å²) >= 11 is 1.56. The Morgan fingerprint density at radius 3 is 2.78 bits per heavy atom. The second-order valence-corrected chi connectivity index (χ2v) is 5.55. The highest BCUT2D eigenvalue weighted by Crippen LogP contribution is 2.37. The second-order valence-electron chi connectivity index (χ2n) is 4.42. The summed E-state index contributed by atoms with van der Waals surface area (Å²) in [7, 11) is 0. The molecule has 3 rings (SSSR count). The van der Waals surface area contributed by atoms with Gasteiger partial charge in [-0.3, -0.25) is 4.79 Å². The van der Waals surface area contributed by atoms with Crippen LogP contribution in [0.5, 0.6) is 0 Å². The summed E-state index contributed by atoms with van der Waals surface area (Å²) in [5.74, 6) is -0.0851. The van der Waals surface area contributed by atoms with Gasteiger partial charge in [-0.1, -0.05) is 18.2 Å². The minimum absolute atomic E-state index is 0.0851. The summed E-state index contributed by atoms with van der Waals surface area (Å²) in [6, 6.07) is 9.47. The van der Waals surface area contributed by atoms with Gasteiger partial charge in [-0.05, 0) is 37.0 Å². The van der Waals surface area contributed by atoms with E-state index in [2.05, 4.69) is 5.32 Å². The van der Waals surface area contributed by atoms with E-state index in [0.717, 1.165) is 30.5 Å². The van der Waals surface area contributed by atoms with Crippen LogP contribution in [0.15, 0.2) is 30.3 Å². The van der Waals surface area contributed by atoms with Gasteiger partial charge in [-0.2, -0.15) is 0 Å². The Morgan fingerprint density at radius 2 is 2.00 bits per heavy atom. The lowest BCUT2D eigenvalue weighted by Gasteiger charge is -2.06. The third kappa shape index (κ3) is 1.88. The van der Waals surface area contributed by atoms with Crippen molar-refractivity contribution in [3.8, 4) is 0 Å². The van der Waals surface area contributed by atoms with E-state index in [-0.39, 0.29) is 5.91 Å². The van der Waals surface area contributed by atoms with Gasteiger partial charge in [0.2, 0.25) is 0 Å². The number of thiophene rings is 1. The number of nitrogens with two attached hydrogens (primary N) is 1. The summed E-state index contributed by atoms with van der Waals surface area (Å²) in [4.78, 5) is 13.6. The monoisotopic (exact) mass is 258 g/mol. The van der Waals surface area contributed by atoms with Crippen LogP contribution in [0.25, 0.3) is 0 Å². The molecule has 4 heteroatoms. The summed E-state index contributed by atoms with van der Waals surface area (Å²) in [6.07, 6.45) is 3.16. The normalized spacial score (nSPS) is 13.3. The van der Waals surface area contributed by atoms with Gasteiger partial charge in [0, 0.05) is 10.6 Å². The molecule has 0 atom stereocenters. The first-order chi connectivity index (χ1) is 8.75. The quantitative estimate of drug-likeness (QED) is 0.869. The lowest BCUT2D eigenvalue weighted by Crippen LogP contribution is -2.14. The number of carbonyl (C=O) groups excluding carboxylic acids is 1. The van der Waals surface area contributed by atoms with Crippen molar-refractivity contribution in [3.63, 3.8) is 0 Å². The van der Waals surface area contributed by atoms with Crippen molar-refractivity contribution in [2.75, 3.05) is 11.1 Å². The van der Waals surface area contributed by atoms with Gasteiger partial charge >= 0.3 is 0 Å². The number of hydrogen-bond donors (Lipinski definition) is 2. The van der Waals surface area contributed by atoms with E-state index >= 15 is 0 Å². The molecule has 0 fully saturated rings. The first kappa shape index (κ1) is 11.3. The number of amides is 1. The van der Waals surface area contributed by atoms with E-state index in [9.17, 15) is 4.79 Å². The maximum Gasteiger partial charge on any atom is 0.258 e. The van der Waals surface area contributed by atoms with Crippen molar-refractivity contribution in [2.24, 2.45) is 0 Å². The fraction of sp³-hybridized carbons (Fsp3) is 0.214. The smallest absolute Gasteiger partial charge is 0.258 e. The van der Waals surface area contributed by atoms with E-state index < -0.39 is 0 Å². The number of rotatable bonds is 2. The van der Waals surface area contributed by atoms with Crippen molar-refractivity contribution in [2.45, 2.75) is 19.3 Å². The van der Waals surface area contributed by atoms with Crippen LogP contribution in [0, 0.1) is 0 Å². The Hall–Kier alpha value is -1.81. The molecule has 0 unspecified atom stereocenters. The molecule has 3 nitrogen and oxygen atoms in total. The molecule has 0 saturated carbocycles. The highest BCUT2D eigenvalue weighted by atomic mass is 32.1. The largest absolute Gasteiger partial charge is 0.390 e. The zero-order chi connectivity index (χ0) is 12.5. The summed E-state index contributed by atoms with van der Waals surface area (Å²) in [5.41, 5.74) is 8.62. The molecule has 1 aromatic heterocycles. The number of carbonyl (C=O) groups is 1. The Balaban J connectivity index is 1.89. The number of hydrogen-bond acceptors (Lipinski definition) is 3. The molecule has 1 aliphatic rings. The fourth-order valence-corrected chi connectivity index (χ4v) is 3.55. The molecule has 0 saturated heterocycles. The zero-order valence-electron chi connectivity index (χ0n) is 9.90. The Morgan fingerprint density at radius 1 is 1.22 bits per heavy atom. The van der Waals surface area contributed by atoms with E-state index in [1.807, 2.05) is 30.3 Å². The Bertz CT molecular complexity index is 589. The summed E-state index contributed by atoms with van der Waals surface area (Å²) < 4.78 is 0. The van der Waals surface area contributed by atoms with Crippen LogP contribution in [0.4, 0.5) is 10.7 Å². The number of nitrogens with one attached hydrogen (secondary N) is 1. The molecule has 1 amide bonds. The predicted octanol–water partition coefficient (Wildman–Crippen LogP) is 3.07. The molecule has 0 radical (unpaired) electrons. The molecule has 3 N–H and O–H groups in total. The van der Waals surface area contributed by atoms with Crippen molar-refractivity contribution < 1.29 is 4.79 Å². The number of fused-ring (bicyclic) bond motifs is 1. The third-order valence-corrected chi connectivity index (χ3v) is 4.33. The minimum atomic E-state index is -0.0851. The lowest BCUT2D eigenvalue weighted by atomic mass is 10.1. The standard InChI is InChI=1S/C14H14N2OS/c15-13-12(10-7-4-8-11(10)18-13)14(17)16-9-5-2-1-3-6-9/h1-3,5-6H,4,7-8,15H2,(H,16,17). The molecular formula is C14H14N2OS. The molecular weight excluding hydrogens is 244 g/mol. The second kappa shape index (κ2) is 4.46. The average Bonchev–Trinajstić information content (AvgIpc) is 2.89. The molecule has 1 aliphatic carbocycles. The van der Waals surface area contributed by atoms with E-state index in [4.69, 9.17) is 5.73 Å². The van der Waals surface area contributed by atoms with Crippen LogP contribution in [-0.2, 0) is 12.8 Å². The molecule has 0 aliphatic heterocycles. The molecule has 0 bridgehead atoms. The first-order valence-electron chi connectivity index (χ1n) is 6.02. The molecule has 2 aromatic rings. The maximum atomic E-state index is 12.3. The molecule has 1 aromatic carbocycles. The van der Waals surface area contributed by atoms with Gasteiger partial charge in [0.25, 0.3) is 5.91 Å². The van der Waals surface area contributed by atoms with Gasteiger partial charge < -0.3 is 11.1 Å². The van der Waals surface area contributed by atoms with Crippen molar-refractivity contribution in [1.82, 2.24) is 0 Å². The van der Waals surface area contributed by atoms with Gasteiger partial charge in [-0.15, -0.1) is 11.3 Å². The van der Waals surface area contributed by atoms with E-state index in [1.165, 1.54) is 4.88 Å². The van der Waals surface area contributed by atoms with Crippen LogP contribution in [0.1, 0.15) is 27.2 Å². The van der Waals surface area contributed by atoms with Crippen molar-refractivity contribution >= 4 is 27.9 Å². The van der Waals surface area contributed by atoms with Crippen LogP contribution in [0.2, 0.25) is 0 Å². The van der Waals surface area contributed by atoms with Gasteiger partial charge in [0.1, 0.15) is 0 Å². The van der Waals surface area contributed by atoms with Crippen LogP contribution in [0.3, 0.4) is 0 Å². The SMILES string of the molecule is Nc1sc2c(c1C(=O)Nc1ccccc1)CCC2. The fourth-order valence-electron chi connectivity index (χ4n) is 2.39. The number of anilines is 2. The third-order valence-electron chi connectivity index (χ3n) is 3.21. The number of para-hydroxylation sites is 1. The van der Waals surface area contributed by atoms with Gasteiger partial charge in [-0.25, -0.2) is 0 Å². The molecule has 1 heterocycles. The average molecular weight is 258 g/mol. The highest BCUT2D eigenvalue weighted by Gasteiger charge is 2.25. The van der Waals surface area contributed by atoms with E-state index in [0.29, 0.717) is 10.6 Å². The molecule has 92 valence electrons. The van der Waals surface area contributed by atoms with Crippen molar-refractivity contribution in [1.29, 1.82) is 0 Å². The van der Waals surface area contributed by atoms with Gasteiger partial charge in [0.15, 0.2) is 0 Å². The highest BCUT2D eigenvalue weighted by molar-refractivity contribution is 7.16. The van der Waals surface area contributed by atoms with Crippen LogP contribution < -0.4 is 11.1 Å². The van der Waals surface area contributed by atoms with Crippen LogP contribution >= 0.6 is 11.3 Å². The number of benzene rings is 1. The first-order valence-corrected chi connectivity index (χ1v) is 6.84. The molecule has 18 heavy (non-hydrogen) atoms. The molecule has 0 spiro atoms. The summed E-state index contributed by atoms with van der Waals surface area (Å²) in [6.45, 7) is 0. The number of aryl methyl sites for hydroxylation is 1. The predicted molar refractivity (Wildman–Crippen MR) is 75.2 cm³/mol. The van der Waals surface area contributed by atoms with E-state index in [1.54, 1.807) is 11.3 Å². The van der Waals surface area contributed by atoms with Crippen molar-refractivity contribution in [3.05, 3.63) is 46.3 Å². The zero-order valence-corrected chi connectivity index (χ0v) is 10.7.